The molecule has 1 aliphatic heterocycles. The average molecular weight is 356 g/mol. The van der Waals surface area contributed by atoms with Gasteiger partial charge in [-0.15, -0.1) is 0 Å². The van der Waals surface area contributed by atoms with E-state index in [1.165, 1.54) is 17.2 Å². The van der Waals surface area contributed by atoms with Gasteiger partial charge < -0.3 is 20.0 Å². The molecule has 0 fully saturated rings. The quantitative estimate of drug-likeness (QED) is 0.870. The van der Waals surface area contributed by atoms with Gasteiger partial charge in [0, 0.05) is 25.7 Å². The van der Waals surface area contributed by atoms with Crippen LogP contribution in [0.15, 0.2) is 35.4 Å². The third kappa shape index (κ3) is 3.63. The molecule has 26 heavy (non-hydrogen) atoms. The first-order valence-corrected chi connectivity index (χ1v) is 9.15. The highest BCUT2D eigenvalue weighted by molar-refractivity contribution is 5.98. The summed E-state index contributed by atoms with van der Waals surface area (Å²) >= 11 is 0. The van der Waals surface area contributed by atoms with E-state index in [0.717, 1.165) is 13.0 Å². The maximum absolute atomic E-state index is 13.0. The Balaban J connectivity index is 1.76. The molecule has 5 nitrogen and oxygen atoms in total. The molecule has 0 saturated carbocycles. The van der Waals surface area contributed by atoms with Gasteiger partial charge in [0.25, 0.3) is 5.91 Å². The monoisotopic (exact) mass is 356 g/mol. The number of carbonyl (C=O) groups excluding carboxylic acids is 1. The second kappa shape index (κ2) is 7.16. The van der Waals surface area contributed by atoms with Crippen LogP contribution >= 0.6 is 0 Å². The molecule has 0 radical (unpaired) electrons. The minimum atomic E-state index is -0.184. The second-order valence-electron chi connectivity index (χ2n) is 7.96. The molecule has 0 saturated heterocycles. The summed E-state index contributed by atoms with van der Waals surface area (Å²) in [6, 6.07) is 2.90. The first-order chi connectivity index (χ1) is 12.3. The third-order valence-corrected chi connectivity index (χ3v) is 5.16. The third-order valence-electron chi connectivity index (χ3n) is 5.16. The van der Waals surface area contributed by atoms with Gasteiger partial charge in [-0.05, 0) is 55.1 Å². The molecule has 1 aromatic rings. The molecular weight excluding hydrogens is 328 g/mol. The van der Waals surface area contributed by atoms with E-state index in [9.17, 15) is 15.0 Å². The fraction of sp³-hybridized carbons (Fsp3) is 0.476. The summed E-state index contributed by atoms with van der Waals surface area (Å²) < 4.78 is 0. The molecule has 1 heterocycles. The van der Waals surface area contributed by atoms with E-state index in [1.54, 1.807) is 11.0 Å². The van der Waals surface area contributed by atoms with Crippen molar-refractivity contribution in [3.8, 4) is 11.5 Å². The Bertz CT molecular complexity index is 778. The van der Waals surface area contributed by atoms with Gasteiger partial charge in [0.15, 0.2) is 0 Å². The van der Waals surface area contributed by atoms with E-state index >= 15 is 0 Å². The van der Waals surface area contributed by atoms with Gasteiger partial charge >= 0.3 is 0 Å². The Morgan fingerprint density at radius 3 is 2.62 bits per heavy atom. The van der Waals surface area contributed by atoms with Crippen molar-refractivity contribution in [3.63, 3.8) is 0 Å². The van der Waals surface area contributed by atoms with Gasteiger partial charge in [0.1, 0.15) is 11.5 Å². The zero-order valence-electron chi connectivity index (χ0n) is 16.0. The van der Waals surface area contributed by atoms with Crippen LogP contribution in [0.3, 0.4) is 0 Å². The number of hydrogen-bond donors (Lipinski definition) is 2. The SMILES string of the molecule is CC(C)c1cc(C(=O)N2CC3=C(CC(CN(C)C)C=C3)C2)c(O)cc1O. The molecule has 2 aliphatic rings. The molecule has 3 rings (SSSR count). The second-order valence-corrected chi connectivity index (χ2v) is 7.96. The molecular formula is C21H28N2O3. The largest absolute Gasteiger partial charge is 0.508 e. The van der Waals surface area contributed by atoms with Crippen LogP contribution in [0.4, 0.5) is 0 Å². The molecule has 140 valence electrons. The smallest absolute Gasteiger partial charge is 0.258 e. The number of hydrogen-bond acceptors (Lipinski definition) is 4. The predicted molar refractivity (Wildman–Crippen MR) is 103 cm³/mol. The Hall–Kier alpha value is -2.27. The van der Waals surface area contributed by atoms with Gasteiger partial charge in [-0.3, -0.25) is 4.79 Å². The number of rotatable bonds is 4. The molecule has 5 heteroatoms. The minimum absolute atomic E-state index is 0.0300. The average Bonchev–Trinajstić information content (AvgIpc) is 2.96. The van der Waals surface area contributed by atoms with E-state index in [4.69, 9.17) is 0 Å². The Morgan fingerprint density at radius 1 is 1.23 bits per heavy atom. The van der Waals surface area contributed by atoms with Gasteiger partial charge in [0.2, 0.25) is 0 Å². The number of carbonyl (C=O) groups is 1. The summed E-state index contributed by atoms with van der Waals surface area (Å²) in [5, 5.41) is 20.2. The van der Waals surface area contributed by atoms with Crippen molar-refractivity contribution in [2.24, 2.45) is 5.92 Å². The molecule has 1 aliphatic carbocycles. The normalized spacial score (nSPS) is 19.6. The summed E-state index contributed by atoms with van der Waals surface area (Å²) in [5.41, 5.74) is 3.47. The Labute approximate surface area is 155 Å². The van der Waals surface area contributed by atoms with Crippen LogP contribution in [-0.2, 0) is 0 Å². The van der Waals surface area contributed by atoms with Crippen LogP contribution in [-0.4, -0.2) is 59.6 Å². The lowest BCUT2D eigenvalue weighted by Crippen LogP contribution is -2.29. The fourth-order valence-corrected chi connectivity index (χ4v) is 3.84. The number of aromatic hydroxyl groups is 2. The first kappa shape index (κ1) is 18.5. The fourth-order valence-electron chi connectivity index (χ4n) is 3.84. The van der Waals surface area contributed by atoms with Crippen molar-refractivity contribution >= 4 is 5.91 Å². The van der Waals surface area contributed by atoms with Crippen LogP contribution in [0, 0.1) is 5.92 Å². The van der Waals surface area contributed by atoms with E-state index in [-0.39, 0.29) is 28.9 Å². The Morgan fingerprint density at radius 2 is 1.96 bits per heavy atom. The highest BCUT2D eigenvalue weighted by atomic mass is 16.3. The lowest BCUT2D eigenvalue weighted by Gasteiger charge is -2.22. The van der Waals surface area contributed by atoms with E-state index in [0.29, 0.717) is 24.6 Å². The van der Waals surface area contributed by atoms with E-state index in [1.807, 2.05) is 13.8 Å². The first-order valence-electron chi connectivity index (χ1n) is 9.15. The molecule has 1 aromatic carbocycles. The van der Waals surface area contributed by atoms with E-state index < -0.39 is 0 Å². The maximum Gasteiger partial charge on any atom is 0.258 e. The predicted octanol–water partition coefficient (Wildman–Crippen LogP) is 3.11. The number of phenols is 2. The molecule has 0 spiro atoms. The highest BCUT2D eigenvalue weighted by Gasteiger charge is 2.30. The van der Waals surface area contributed by atoms with Crippen molar-refractivity contribution < 1.29 is 15.0 Å². The Kier molecular flexibility index (Phi) is 5.10. The number of amides is 1. The highest BCUT2D eigenvalue weighted by Crippen LogP contribution is 2.35. The molecule has 0 bridgehead atoms. The summed E-state index contributed by atoms with van der Waals surface area (Å²) in [7, 11) is 4.14. The van der Waals surface area contributed by atoms with E-state index in [2.05, 4.69) is 31.1 Å². The minimum Gasteiger partial charge on any atom is -0.508 e. The number of nitrogens with zero attached hydrogens (tertiary/aromatic N) is 2. The summed E-state index contributed by atoms with van der Waals surface area (Å²) in [6.45, 7) is 6.09. The van der Waals surface area contributed by atoms with Crippen LogP contribution in [0.2, 0.25) is 0 Å². The molecule has 1 atom stereocenters. The van der Waals surface area contributed by atoms with Crippen LogP contribution in [0.1, 0.15) is 42.1 Å². The lowest BCUT2D eigenvalue weighted by atomic mass is 9.91. The van der Waals surface area contributed by atoms with Gasteiger partial charge in [-0.25, -0.2) is 0 Å². The summed E-state index contributed by atoms with van der Waals surface area (Å²) in [6.07, 6.45) is 5.37. The standard InChI is InChI=1S/C21H28N2O3/c1-13(2)17-8-18(20(25)9-19(17)24)21(26)23-11-15-6-5-14(10-22(3)4)7-16(15)12-23/h5-6,8-9,13-14,24-25H,7,10-12H2,1-4H3. The zero-order valence-corrected chi connectivity index (χ0v) is 16.0. The topological polar surface area (TPSA) is 64.0 Å². The zero-order chi connectivity index (χ0) is 19.0. The van der Waals surface area contributed by atoms with Gasteiger partial charge in [0.05, 0.1) is 5.56 Å². The van der Waals surface area contributed by atoms with Crippen molar-refractivity contribution in [2.75, 3.05) is 33.7 Å². The molecule has 2 N–H and O–H groups in total. The van der Waals surface area contributed by atoms with Crippen LogP contribution in [0.25, 0.3) is 0 Å². The van der Waals surface area contributed by atoms with Crippen molar-refractivity contribution in [1.82, 2.24) is 9.80 Å². The summed E-state index contributed by atoms with van der Waals surface area (Å²) in [4.78, 5) is 16.9. The number of phenolic OH excluding ortho intramolecular Hbond substituents is 2. The maximum atomic E-state index is 13.0. The number of benzene rings is 1. The molecule has 0 aromatic heterocycles. The van der Waals surface area contributed by atoms with Crippen molar-refractivity contribution in [1.29, 1.82) is 0 Å². The van der Waals surface area contributed by atoms with Crippen molar-refractivity contribution in [3.05, 3.63) is 46.6 Å². The van der Waals surface area contributed by atoms with Crippen LogP contribution in [0.5, 0.6) is 11.5 Å². The molecule has 1 amide bonds. The van der Waals surface area contributed by atoms with Gasteiger partial charge in [-0.1, -0.05) is 26.0 Å². The molecule has 1 unspecified atom stereocenters. The van der Waals surface area contributed by atoms with Crippen molar-refractivity contribution in [2.45, 2.75) is 26.2 Å². The summed E-state index contributed by atoms with van der Waals surface area (Å²) in [5.74, 6) is 0.233. The van der Waals surface area contributed by atoms with Gasteiger partial charge in [-0.2, -0.15) is 0 Å². The van der Waals surface area contributed by atoms with Crippen LogP contribution < -0.4 is 0 Å². The lowest BCUT2D eigenvalue weighted by molar-refractivity contribution is 0.0792.